The van der Waals surface area contributed by atoms with Gasteiger partial charge in [-0.2, -0.15) is 5.26 Å². The number of rotatable bonds is 4. The molecule has 4 rings (SSSR count). The Labute approximate surface area is 171 Å². The second-order valence-corrected chi connectivity index (χ2v) is 7.54. The highest BCUT2D eigenvalue weighted by molar-refractivity contribution is 7.11. The molecule has 0 bridgehead atoms. The summed E-state index contributed by atoms with van der Waals surface area (Å²) in [5.74, 6) is 0. The fraction of sp³-hybridized carbons (Fsp3) is 0.0870. The molecular formula is C23H17N3O2S. The number of hydrogen-bond acceptors (Lipinski definition) is 6. The van der Waals surface area contributed by atoms with Crippen LogP contribution in [0.2, 0.25) is 0 Å². The Morgan fingerprint density at radius 2 is 1.93 bits per heavy atom. The Hall–Kier alpha value is -3.69. The maximum Gasteiger partial charge on any atom is 0.345 e. The molecule has 0 saturated heterocycles. The second kappa shape index (κ2) is 7.74. The van der Waals surface area contributed by atoms with Gasteiger partial charge in [0, 0.05) is 30.5 Å². The van der Waals surface area contributed by atoms with Crippen molar-refractivity contribution in [3.05, 3.63) is 81.0 Å². The van der Waals surface area contributed by atoms with E-state index >= 15 is 0 Å². The van der Waals surface area contributed by atoms with Gasteiger partial charge >= 0.3 is 5.63 Å². The number of para-hydroxylation sites is 1. The molecule has 0 atom stereocenters. The van der Waals surface area contributed by atoms with Crippen LogP contribution in [0.25, 0.3) is 33.9 Å². The zero-order valence-corrected chi connectivity index (χ0v) is 16.7. The lowest BCUT2D eigenvalue weighted by molar-refractivity contribution is 0.563. The molecule has 0 aliphatic carbocycles. The molecule has 0 aliphatic heterocycles. The van der Waals surface area contributed by atoms with E-state index in [9.17, 15) is 10.1 Å². The topological polar surface area (TPSA) is 70.1 Å². The molecular weight excluding hydrogens is 382 g/mol. The van der Waals surface area contributed by atoms with Gasteiger partial charge in [0.25, 0.3) is 0 Å². The fourth-order valence-corrected chi connectivity index (χ4v) is 3.72. The van der Waals surface area contributed by atoms with Crippen LogP contribution in [0.5, 0.6) is 0 Å². The number of aromatic nitrogens is 1. The molecule has 0 N–H and O–H groups in total. The summed E-state index contributed by atoms with van der Waals surface area (Å²) in [6, 6.07) is 19.2. The van der Waals surface area contributed by atoms with E-state index in [2.05, 4.69) is 11.1 Å². The quantitative estimate of drug-likeness (QED) is 0.355. The van der Waals surface area contributed by atoms with Gasteiger partial charge < -0.3 is 9.32 Å². The lowest BCUT2D eigenvalue weighted by Crippen LogP contribution is -2.07. The monoisotopic (exact) mass is 399 g/mol. The van der Waals surface area contributed by atoms with Gasteiger partial charge in [-0.05, 0) is 35.9 Å². The van der Waals surface area contributed by atoms with Crippen LogP contribution >= 0.6 is 11.3 Å². The Morgan fingerprint density at radius 3 is 2.66 bits per heavy atom. The van der Waals surface area contributed by atoms with Crippen LogP contribution in [0.1, 0.15) is 10.6 Å². The summed E-state index contributed by atoms with van der Waals surface area (Å²) in [7, 11) is 3.96. The molecule has 2 aromatic heterocycles. The fourth-order valence-electron chi connectivity index (χ4n) is 2.94. The SMILES string of the molecule is CN(C)c1ccc(/C=C(\C#N)c2nc(-c3cc4ccccc4oc3=O)cs2)cc1. The number of anilines is 1. The van der Waals surface area contributed by atoms with Gasteiger partial charge in [-0.1, -0.05) is 30.3 Å². The van der Waals surface area contributed by atoms with Gasteiger partial charge in [-0.15, -0.1) is 11.3 Å². The van der Waals surface area contributed by atoms with Crippen LogP contribution < -0.4 is 10.5 Å². The van der Waals surface area contributed by atoms with E-state index in [4.69, 9.17) is 4.42 Å². The molecule has 6 heteroatoms. The van der Waals surface area contributed by atoms with Gasteiger partial charge in [0.15, 0.2) is 0 Å². The third kappa shape index (κ3) is 3.82. The Morgan fingerprint density at radius 1 is 1.17 bits per heavy atom. The average molecular weight is 399 g/mol. The Balaban J connectivity index is 1.70. The molecule has 0 saturated carbocycles. The van der Waals surface area contributed by atoms with Crippen molar-refractivity contribution < 1.29 is 4.42 Å². The van der Waals surface area contributed by atoms with Crippen molar-refractivity contribution in [3.63, 3.8) is 0 Å². The first-order valence-electron chi connectivity index (χ1n) is 8.93. The average Bonchev–Trinajstić information content (AvgIpc) is 3.21. The summed E-state index contributed by atoms with van der Waals surface area (Å²) in [5, 5.41) is 12.8. The summed E-state index contributed by atoms with van der Waals surface area (Å²) in [4.78, 5) is 18.9. The molecule has 0 spiro atoms. The third-order valence-corrected chi connectivity index (χ3v) is 5.37. The number of fused-ring (bicyclic) bond motifs is 1. The lowest BCUT2D eigenvalue weighted by Gasteiger charge is -2.11. The maximum absolute atomic E-state index is 12.4. The molecule has 0 aliphatic rings. The molecule has 29 heavy (non-hydrogen) atoms. The Bertz CT molecular complexity index is 1310. The van der Waals surface area contributed by atoms with Gasteiger partial charge in [0.1, 0.15) is 16.7 Å². The minimum absolute atomic E-state index is 0.388. The van der Waals surface area contributed by atoms with Crippen molar-refractivity contribution in [1.29, 1.82) is 5.26 Å². The highest BCUT2D eigenvalue weighted by Crippen LogP contribution is 2.27. The highest BCUT2D eigenvalue weighted by atomic mass is 32.1. The molecule has 2 heterocycles. The van der Waals surface area contributed by atoms with E-state index in [0.29, 0.717) is 27.4 Å². The van der Waals surface area contributed by atoms with Crippen LogP contribution in [0.3, 0.4) is 0 Å². The van der Waals surface area contributed by atoms with Gasteiger partial charge in [-0.25, -0.2) is 9.78 Å². The molecule has 0 fully saturated rings. The normalized spacial score (nSPS) is 11.4. The van der Waals surface area contributed by atoms with E-state index in [-0.39, 0.29) is 0 Å². The van der Waals surface area contributed by atoms with Crippen molar-refractivity contribution >= 4 is 39.6 Å². The number of nitriles is 1. The van der Waals surface area contributed by atoms with Gasteiger partial charge in [-0.3, -0.25) is 0 Å². The summed E-state index contributed by atoms with van der Waals surface area (Å²) in [6.45, 7) is 0. The van der Waals surface area contributed by atoms with E-state index < -0.39 is 5.63 Å². The molecule has 0 amide bonds. The van der Waals surface area contributed by atoms with E-state index in [0.717, 1.165) is 16.6 Å². The van der Waals surface area contributed by atoms with Crippen LogP contribution in [-0.2, 0) is 0 Å². The lowest BCUT2D eigenvalue weighted by atomic mass is 10.1. The third-order valence-electron chi connectivity index (χ3n) is 4.49. The summed E-state index contributed by atoms with van der Waals surface area (Å²) < 4.78 is 5.39. The van der Waals surface area contributed by atoms with Gasteiger partial charge in [0.2, 0.25) is 0 Å². The van der Waals surface area contributed by atoms with Crippen LogP contribution in [0, 0.1) is 11.3 Å². The zero-order chi connectivity index (χ0) is 20.4. The largest absolute Gasteiger partial charge is 0.422 e. The number of nitrogens with zero attached hydrogens (tertiary/aromatic N) is 3. The molecule has 0 unspecified atom stereocenters. The van der Waals surface area contributed by atoms with E-state index in [1.165, 1.54) is 11.3 Å². The highest BCUT2D eigenvalue weighted by Gasteiger charge is 2.13. The molecule has 4 aromatic rings. The van der Waals surface area contributed by atoms with E-state index in [1.807, 2.05) is 61.5 Å². The molecule has 5 nitrogen and oxygen atoms in total. The summed E-state index contributed by atoms with van der Waals surface area (Å²) in [5.41, 5.74) is 3.43. The first-order valence-corrected chi connectivity index (χ1v) is 9.81. The van der Waals surface area contributed by atoms with Gasteiger partial charge in [0.05, 0.1) is 16.8 Å². The van der Waals surface area contributed by atoms with Crippen molar-refractivity contribution in [1.82, 2.24) is 4.98 Å². The minimum atomic E-state index is -0.442. The number of allylic oxidation sites excluding steroid dienone is 1. The number of hydrogen-bond donors (Lipinski definition) is 0. The zero-order valence-electron chi connectivity index (χ0n) is 15.9. The summed E-state index contributed by atoms with van der Waals surface area (Å²) in [6.07, 6.45) is 1.80. The molecule has 142 valence electrons. The first kappa shape index (κ1) is 18.7. The maximum atomic E-state index is 12.4. The molecule has 2 aromatic carbocycles. The number of benzene rings is 2. The van der Waals surface area contributed by atoms with Crippen molar-refractivity contribution in [2.45, 2.75) is 0 Å². The standard InChI is InChI=1S/C23H17N3O2S/c1-26(2)18-9-7-15(8-10-18)11-17(13-24)22-25-20(14-29-22)19-12-16-5-3-4-6-21(16)28-23(19)27/h3-12,14H,1-2H3/b17-11+. The predicted octanol–water partition coefficient (Wildman–Crippen LogP) is 5.05. The van der Waals surface area contributed by atoms with Crippen LogP contribution in [0.4, 0.5) is 5.69 Å². The van der Waals surface area contributed by atoms with E-state index in [1.54, 1.807) is 23.6 Å². The smallest absolute Gasteiger partial charge is 0.345 e. The van der Waals surface area contributed by atoms with Crippen LogP contribution in [-0.4, -0.2) is 19.1 Å². The first-order chi connectivity index (χ1) is 14.0. The second-order valence-electron chi connectivity index (χ2n) is 6.68. The predicted molar refractivity (Wildman–Crippen MR) is 118 cm³/mol. The van der Waals surface area contributed by atoms with Crippen molar-refractivity contribution in [2.75, 3.05) is 19.0 Å². The van der Waals surface area contributed by atoms with Crippen LogP contribution in [0.15, 0.2) is 69.2 Å². The molecule has 0 radical (unpaired) electrons. The van der Waals surface area contributed by atoms with Crippen molar-refractivity contribution in [2.24, 2.45) is 0 Å². The number of thiazole rings is 1. The Kier molecular flexibility index (Phi) is 4.98. The minimum Gasteiger partial charge on any atom is -0.422 e. The van der Waals surface area contributed by atoms with Crippen molar-refractivity contribution in [3.8, 4) is 17.3 Å². The summed E-state index contributed by atoms with van der Waals surface area (Å²) >= 11 is 1.33.